The zero-order chi connectivity index (χ0) is 20.9. The van der Waals surface area contributed by atoms with Crippen LogP contribution in [0.3, 0.4) is 0 Å². The lowest BCUT2D eigenvalue weighted by atomic mass is 9.49. The van der Waals surface area contributed by atoms with Gasteiger partial charge in [-0.05, 0) is 86.7 Å². The van der Waals surface area contributed by atoms with Crippen LogP contribution in [-0.4, -0.2) is 38.2 Å². The molecule has 5 aliphatic rings. The molecule has 0 unspecified atom stereocenters. The molecule has 1 amide bonds. The molecule has 5 saturated carbocycles. The fourth-order valence-corrected chi connectivity index (χ4v) is 6.66. The molecule has 5 fully saturated rings. The van der Waals surface area contributed by atoms with Crippen molar-refractivity contribution < 1.29 is 19.8 Å². The molecular formula is C23H29N3O4. The molecule has 2 heterocycles. The van der Waals surface area contributed by atoms with Crippen molar-refractivity contribution in [2.24, 2.45) is 23.2 Å². The Bertz CT molecular complexity index is 939. The van der Waals surface area contributed by atoms with Gasteiger partial charge in [0.25, 0.3) is 5.91 Å². The number of rotatable bonds is 4. The second-order valence-electron chi connectivity index (χ2n) is 9.96. The van der Waals surface area contributed by atoms with E-state index >= 15 is 0 Å². The van der Waals surface area contributed by atoms with Crippen molar-refractivity contribution in [2.45, 2.75) is 57.3 Å². The van der Waals surface area contributed by atoms with Gasteiger partial charge in [-0.3, -0.25) is 9.20 Å². The van der Waals surface area contributed by atoms with Gasteiger partial charge >= 0.3 is 6.16 Å². The van der Waals surface area contributed by atoms with Crippen LogP contribution in [0.15, 0.2) is 24.4 Å². The summed E-state index contributed by atoms with van der Waals surface area (Å²) in [7, 11) is 0. The summed E-state index contributed by atoms with van der Waals surface area (Å²) in [4.78, 5) is 26.3. The zero-order valence-electron chi connectivity index (χ0n) is 17.1. The zero-order valence-corrected chi connectivity index (χ0v) is 17.1. The van der Waals surface area contributed by atoms with E-state index in [1.165, 1.54) is 51.4 Å². The largest absolute Gasteiger partial charge is 0.503 e. The number of pyridine rings is 1. The van der Waals surface area contributed by atoms with Gasteiger partial charge in [-0.1, -0.05) is 6.07 Å². The summed E-state index contributed by atoms with van der Waals surface area (Å²) in [5, 5.41) is 17.3. The van der Waals surface area contributed by atoms with Crippen LogP contribution in [0.1, 0.15) is 73.5 Å². The maximum absolute atomic E-state index is 13.0. The summed E-state index contributed by atoms with van der Waals surface area (Å²) in [6.45, 7) is 0.857. The molecule has 0 atom stereocenters. The SMILES string of the molecule is O=C(NCC12CC3CC(CC(C3)C1)C2)c1cccc2nc(C3CC3)cn12.O=C(O)O. The molecule has 0 aromatic carbocycles. The summed E-state index contributed by atoms with van der Waals surface area (Å²) in [6.07, 6.45) is 11.1. The lowest BCUT2D eigenvalue weighted by Crippen LogP contribution is -2.51. The Hall–Kier alpha value is -2.57. The van der Waals surface area contributed by atoms with Gasteiger partial charge in [0.2, 0.25) is 0 Å². The van der Waals surface area contributed by atoms with E-state index < -0.39 is 6.16 Å². The number of nitrogens with zero attached hydrogens (tertiary/aromatic N) is 2. The molecule has 30 heavy (non-hydrogen) atoms. The molecule has 7 heteroatoms. The van der Waals surface area contributed by atoms with Crippen LogP contribution >= 0.6 is 0 Å². The first-order valence-electron chi connectivity index (χ1n) is 11.1. The van der Waals surface area contributed by atoms with Crippen LogP contribution in [-0.2, 0) is 0 Å². The quantitative estimate of drug-likeness (QED) is 0.693. The number of amides is 1. The van der Waals surface area contributed by atoms with Crippen LogP contribution in [0, 0.1) is 23.2 Å². The topological polar surface area (TPSA) is 104 Å². The number of carbonyl (C=O) groups excluding carboxylic acids is 1. The van der Waals surface area contributed by atoms with Crippen molar-refractivity contribution in [2.75, 3.05) is 6.54 Å². The third-order valence-corrected chi connectivity index (χ3v) is 7.53. The van der Waals surface area contributed by atoms with Crippen molar-refractivity contribution in [1.82, 2.24) is 14.7 Å². The van der Waals surface area contributed by atoms with E-state index in [1.54, 1.807) is 0 Å². The third-order valence-electron chi connectivity index (χ3n) is 7.53. The summed E-state index contributed by atoms with van der Waals surface area (Å²) >= 11 is 0. The molecule has 0 saturated heterocycles. The highest BCUT2D eigenvalue weighted by Crippen LogP contribution is 2.59. The van der Waals surface area contributed by atoms with Crippen molar-refractivity contribution in [1.29, 1.82) is 0 Å². The van der Waals surface area contributed by atoms with Gasteiger partial charge in [-0.15, -0.1) is 0 Å². The van der Waals surface area contributed by atoms with Crippen LogP contribution in [0.5, 0.6) is 0 Å². The smallest absolute Gasteiger partial charge is 0.450 e. The van der Waals surface area contributed by atoms with E-state index in [2.05, 4.69) is 11.5 Å². The first-order valence-corrected chi connectivity index (χ1v) is 11.1. The summed E-state index contributed by atoms with van der Waals surface area (Å²) in [5.41, 5.74) is 3.15. The Labute approximate surface area is 175 Å². The predicted molar refractivity (Wildman–Crippen MR) is 111 cm³/mol. The second kappa shape index (κ2) is 7.29. The molecule has 2 aromatic rings. The first-order chi connectivity index (χ1) is 14.4. The average Bonchev–Trinajstić information content (AvgIpc) is 3.43. The molecule has 0 aliphatic heterocycles. The van der Waals surface area contributed by atoms with E-state index in [0.29, 0.717) is 11.3 Å². The minimum absolute atomic E-state index is 0.0612. The van der Waals surface area contributed by atoms with Gasteiger partial charge < -0.3 is 15.5 Å². The number of aromatic nitrogens is 2. The van der Waals surface area contributed by atoms with E-state index in [1.807, 2.05) is 22.6 Å². The van der Waals surface area contributed by atoms with Crippen LogP contribution in [0.25, 0.3) is 5.65 Å². The van der Waals surface area contributed by atoms with E-state index in [0.717, 1.165) is 41.3 Å². The molecule has 7 nitrogen and oxygen atoms in total. The van der Waals surface area contributed by atoms with Crippen LogP contribution in [0.4, 0.5) is 4.79 Å². The lowest BCUT2D eigenvalue weighted by molar-refractivity contribution is -0.0503. The number of fused-ring (bicyclic) bond motifs is 1. The van der Waals surface area contributed by atoms with Gasteiger partial charge in [0.1, 0.15) is 11.3 Å². The molecule has 2 aromatic heterocycles. The number of nitrogens with one attached hydrogen (secondary N) is 1. The summed E-state index contributed by atoms with van der Waals surface area (Å²) in [5.74, 6) is 3.45. The minimum Gasteiger partial charge on any atom is -0.450 e. The van der Waals surface area contributed by atoms with Gasteiger partial charge in [-0.25, -0.2) is 9.78 Å². The standard InChI is InChI=1S/C22H27N3O.CH2O3/c26-21(19-2-1-3-20-24-18(12-25(19)20)17-4-5-17)23-13-22-9-14-6-15(10-22)8-16(7-14)11-22;2-1(3)4/h1-3,12,14-17H,4-11,13H2,(H,23,26);(H2,2,3,4). The Balaban J connectivity index is 0.000000446. The van der Waals surface area contributed by atoms with Crippen LogP contribution < -0.4 is 5.32 Å². The molecule has 0 spiro atoms. The number of hydrogen-bond acceptors (Lipinski definition) is 3. The Morgan fingerprint density at radius 1 is 1.07 bits per heavy atom. The van der Waals surface area contributed by atoms with Gasteiger partial charge in [0.05, 0.1) is 5.69 Å². The van der Waals surface area contributed by atoms with Crippen molar-refractivity contribution in [3.63, 3.8) is 0 Å². The van der Waals surface area contributed by atoms with Gasteiger partial charge in [-0.2, -0.15) is 0 Å². The number of carboxylic acid groups (broad SMARTS) is 2. The molecule has 7 rings (SSSR count). The summed E-state index contributed by atoms with van der Waals surface area (Å²) in [6, 6.07) is 5.89. The maximum atomic E-state index is 13.0. The average molecular weight is 412 g/mol. The van der Waals surface area contributed by atoms with Crippen molar-refractivity contribution in [3.8, 4) is 0 Å². The highest BCUT2D eigenvalue weighted by atomic mass is 16.6. The number of imidazole rings is 1. The highest BCUT2D eigenvalue weighted by molar-refractivity contribution is 5.93. The van der Waals surface area contributed by atoms with Crippen molar-refractivity contribution in [3.05, 3.63) is 35.8 Å². The van der Waals surface area contributed by atoms with E-state index in [9.17, 15) is 4.79 Å². The lowest BCUT2D eigenvalue weighted by Gasteiger charge is -2.56. The normalized spacial score (nSPS) is 31.3. The molecule has 3 N–H and O–H groups in total. The Morgan fingerprint density at radius 2 is 1.67 bits per heavy atom. The third kappa shape index (κ3) is 3.77. The fraction of sp³-hybridized carbons (Fsp3) is 0.609. The molecular weight excluding hydrogens is 382 g/mol. The number of hydrogen-bond donors (Lipinski definition) is 3. The van der Waals surface area contributed by atoms with Gasteiger partial charge in [0.15, 0.2) is 0 Å². The Kier molecular flexibility index (Phi) is 4.71. The van der Waals surface area contributed by atoms with Crippen LogP contribution in [0.2, 0.25) is 0 Å². The molecule has 4 bridgehead atoms. The second-order valence-corrected chi connectivity index (χ2v) is 9.96. The van der Waals surface area contributed by atoms with Crippen molar-refractivity contribution >= 4 is 17.7 Å². The molecule has 160 valence electrons. The fourth-order valence-electron chi connectivity index (χ4n) is 6.66. The number of carbonyl (C=O) groups is 2. The van der Waals surface area contributed by atoms with Gasteiger partial charge in [0, 0.05) is 18.7 Å². The first kappa shape index (κ1) is 19.4. The van der Waals surface area contributed by atoms with E-state index in [-0.39, 0.29) is 5.91 Å². The van der Waals surface area contributed by atoms with E-state index in [4.69, 9.17) is 20.0 Å². The monoisotopic (exact) mass is 411 g/mol. The highest BCUT2D eigenvalue weighted by Gasteiger charge is 2.50. The maximum Gasteiger partial charge on any atom is 0.503 e. The molecule has 0 radical (unpaired) electrons. The predicted octanol–water partition coefficient (Wildman–Crippen LogP) is 4.38. The Morgan fingerprint density at radius 3 is 2.23 bits per heavy atom. The summed E-state index contributed by atoms with van der Waals surface area (Å²) < 4.78 is 1.99. The minimum atomic E-state index is -1.83. The molecule has 5 aliphatic carbocycles.